The first-order valence-electron chi connectivity index (χ1n) is 8.10. The summed E-state index contributed by atoms with van der Waals surface area (Å²) < 4.78 is 5.21. The molecule has 0 saturated heterocycles. The topological polar surface area (TPSA) is 105 Å². The van der Waals surface area contributed by atoms with Gasteiger partial charge in [-0.3, -0.25) is 10.1 Å². The number of aliphatic hydroxyl groups excluding tert-OH is 1. The van der Waals surface area contributed by atoms with Crippen LogP contribution in [0.25, 0.3) is 0 Å². The van der Waals surface area contributed by atoms with E-state index in [0.29, 0.717) is 17.7 Å². The summed E-state index contributed by atoms with van der Waals surface area (Å²) in [7, 11) is 0. The first kappa shape index (κ1) is 19.1. The highest BCUT2D eigenvalue weighted by atomic mass is 16.6. The number of ether oxygens (including phenoxy) is 1. The quantitative estimate of drug-likeness (QED) is 0.685. The van der Waals surface area contributed by atoms with Gasteiger partial charge in [0.25, 0.3) is 5.91 Å². The van der Waals surface area contributed by atoms with E-state index in [1.807, 2.05) is 0 Å². The van der Waals surface area contributed by atoms with Gasteiger partial charge in [0.2, 0.25) is 6.10 Å². The van der Waals surface area contributed by atoms with Gasteiger partial charge in [0.15, 0.2) is 6.10 Å². The number of aliphatic hydroxyl groups is 1. The summed E-state index contributed by atoms with van der Waals surface area (Å²) in [6, 6.07) is 15.8. The normalized spacial score (nSPS) is 12.5. The lowest BCUT2D eigenvalue weighted by molar-refractivity contribution is -0.164. The van der Waals surface area contributed by atoms with Crippen LogP contribution in [0, 0.1) is 0 Å². The highest BCUT2D eigenvalue weighted by molar-refractivity contribution is 5.98. The maximum atomic E-state index is 12.4. The van der Waals surface area contributed by atoms with Crippen LogP contribution in [0.15, 0.2) is 60.7 Å². The summed E-state index contributed by atoms with van der Waals surface area (Å²) in [5, 5.41) is 14.7. The lowest BCUT2D eigenvalue weighted by Gasteiger charge is -2.19. The second-order valence-corrected chi connectivity index (χ2v) is 5.39. The molecule has 0 heterocycles. The molecule has 0 aliphatic carbocycles. The van der Waals surface area contributed by atoms with Crippen LogP contribution in [0.2, 0.25) is 0 Å². The monoisotopic (exact) mass is 356 g/mol. The molecule has 7 heteroatoms. The van der Waals surface area contributed by atoms with E-state index >= 15 is 0 Å². The fourth-order valence-corrected chi connectivity index (χ4v) is 2.23. The molecule has 0 aromatic heterocycles. The van der Waals surface area contributed by atoms with Crippen molar-refractivity contribution in [2.45, 2.75) is 19.1 Å². The maximum Gasteiger partial charge on any atom is 0.340 e. The first-order chi connectivity index (χ1) is 12.5. The van der Waals surface area contributed by atoms with Crippen molar-refractivity contribution in [1.29, 1.82) is 0 Å². The predicted octanol–water partition coefficient (Wildman–Crippen LogP) is 1.85. The molecule has 0 fully saturated rings. The number of amides is 3. The number of imide groups is 1. The van der Waals surface area contributed by atoms with Gasteiger partial charge in [0.05, 0.1) is 0 Å². The van der Waals surface area contributed by atoms with E-state index in [-0.39, 0.29) is 0 Å². The average Bonchev–Trinajstić information content (AvgIpc) is 2.66. The number of carbonyl (C=O) groups is 3. The van der Waals surface area contributed by atoms with Crippen LogP contribution in [-0.2, 0) is 14.3 Å². The molecular formula is C19H20N2O5. The molecule has 0 spiro atoms. The molecule has 0 saturated carbocycles. The number of carbonyl (C=O) groups excluding carboxylic acids is 3. The smallest absolute Gasteiger partial charge is 0.340 e. The molecule has 0 radical (unpaired) electrons. The Balaban J connectivity index is 2.17. The molecule has 26 heavy (non-hydrogen) atoms. The van der Waals surface area contributed by atoms with Gasteiger partial charge >= 0.3 is 12.0 Å². The summed E-state index contributed by atoms with van der Waals surface area (Å²) >= 11 is 0. The van der Waals surface area contributed by atoms with Crippen molar-refractivity contribution in [3.63, 3.8) is 0 Å². The van der Waals surface area contributed by atoms with Gasteiger partial charge in [0, 0.05) is 12.1 Å². The van der Waals surface area contributed by atoms with E-state index in [2.05, 4.69) is 10.6 Å². The fourth-order valence-electron chi connectivity index (χ4n) is 2.23. The van der Waals surface area contributed by atoms with Crippen molar-refractivity contribution in [1.82, 2.24) is 10.6 Å². The summed E-state index contributed by atoms with van der Waals surface area (Å²) in [6.07, 6.45) is -2.91. The average molecular weight is 356 g/mol. The molecule has 2 atom stereocenters. The number of esters is 1. The molecule has 3 N–H and O–H groups in total. The molecule has 0 aliphatic rings. The van der Waals surface area contributed by atoms with Crippen molar-refractivity contribution < 1.29 is 24.2 Å². The van der Waals surface area contributed by atoms with Crippen LogP contribution in [-0.4, -0.2) is 29.6 Å². The van der Waals surface area contributed by atoms with Crippen LogP contribution in [0.5, 0.6) is 0 Å². The Labute approximate surface area is 151 Å². The molecule has 0 aliphatic heterocycles. The SMILES string of the molecule is CCNC(=O)NC(=O)[C@@H](OC(=O)[C@@H](O)c1ccccc1)c1ccccc1. The minimum absolute atomic E-state index is 0.335. The van der Waals surface area contributed by atoms with Crippen molar-refractivity contribution in [2.24, 2.45) is 0 Å². The number of nitrogens with one attached hydrogen (secondary N) is 2. The first-order valence-corrected chi connectivity index (χ1v) is 8.10. The molecule has 3 amide bonds. The number of hydrogen-bond donors (Lipinski definition) is 3. The molecule has 2 rings (SSSR count). The minimum atomic E-state index is -1.54. The summed E-state index contributed by atoms with van der Waals surface area (Å²) in [4.78, 5) is 36.3. The van der Waals surface area contributed by atoms with Gasteiger partial charge < -0.3 is 15.2 Å². The Morgan fingerprint density at radius 1 is 0.962 bits per heavy atom. The highest BCUT2D eigenvalue weighted by Crippen LogP contribution is 2.22. The standard InChI is InChI=1S/C19H20N2O5/c1-2-20-19(25)21-17(23)16(14-11-7-4-8-12-14)26-18(24)15(22)13-9-5-3-6-10-13/h3-12,15-16,22H,2H2,1H3,(H2,20,21,23,25)/t15-,16-/m0/s1. The van der Waals surface area contributed by atoms with Gasteiger partial charge in [-0.15, -0.1) is 0 Å². The van der Waals surface area contributed by atoms with Crippen molar-refractivity contribution in [3.8, 4) is 0 Å². The van der Waals surface area contributed by atoms with Crippen LogP contribution >= 0.6 is 0 Å². The van der Waals surface area contributed by atoms with E-state index in [1.165, 1.54) is 0 Å². The van der Waals surface area contributed by atoms with E-state index in [1.54, 1.807) is 67.6 Å². The number of benzene rings is 2. The van der Waals surface area contributed by atoms with E-state index in [9.17, 15) is 19.5 Å². The second-order valence-electron chi connectivity index (χ2n) is 5.39. The van der Waals surface area contributed by atoms with Gasteiger partial charge in [0.1, 0.15) is 0 Å². The third kappa shape index (κ3) is 5.15. The van der Waals surface area contributed by atoms with Crippen molar-refractivity contribution in [3.05, 3.63) is 71.8 Å². The number of rotatable bonds is 6. The molecule has 136 valence electrons. The third-order valence-electron chi connectivity index (χ3n) is 3.49. The minimum Gasteiger partial charge on any atom is -0.445 e. The van der Waals surface area contributed by atoms with E-state index < -0.39 is 30.1 Å². The van der Waals surface area contributed by atoms with Crippen molar-refractivity contribution in [2.75, 3.05) is 6.54 Å². The molecule has 0 bridgehead atoms. The Kier molecular flexibility index (Phi) is 6.87. The zero-order valence-electron chi connectivity index (χ0n) is 14.2. The van der Waals surface area contributed by atoms with Crippen LogP contribution in [0.3, 0.4) is 0 Å². The summed E-state index contributed by atoms with van der Waals surface area (Å²) in [5.41, 5.74) is 0.719. The Morgan fingerprint density at radius 3 is 2.04 bits per heavy atom. The van der Waals surface area contributed by atoms with Crippen molar-refractivity contribution >= 4 is 17.9 Å². The Hall–Kier alpha value is -3.19. The number of urea groups is 1. The largest absolute Gasteiger partial charge is 0.445 e. The van der Waals surface area contributed by atoms with E-state index in [4.69, 9.17) is 4.74 Å². The van der Waals surface area contributed by atoms with Gasteiger partial charge in [-0.05, 0) is 12.5 Å². The molecule has 0 unspecified atom stereocenters. The maximum absolute atomic E-state index is 12.4. The second kappa shape index (κ2) is 9.33. The number of hydrogen-bond acceptors (Lipinski definition) is 5. The van der Waals surface area contributed by atoms with Gasteiger partial charge in [-0.25, -0.2) is 9.59 Å². The Morgan fingerprint density at radius 2 is 1.50 bits per heavy atom. The van der Waals surface area contributed by atoms with E-state index in [0.717, 1.165) is 0 Å². The third-order valence-corrected chi connectivity index (χ3v) is 3.49. The van der Waals surface area contributed by atoms with Crippen LogP contribution in [0.1, 0.15) is 30.3 Å². The van der Waals surface area contributed by atoms with Crippen LogP contribution < -0.4 is 10.6 Å². The zero-order chi connectivity index (χ0) is 18.9. The molecule has 2 aromatic carbocycles. The lowest BCUT2D eigenvalue weighted by Crippen LogP contribution is -2.42. The highest BCUT2D eigenvalue weighted by Gasteiger charge is 2.29. The summed E-state index contributed by atoms with van der Waals surface area (Å²) in [6.45, 7) is 2.04. The van der Waals surface area contributed by atoms with Gasteiger partial charge in [-0.1, -0.05) is 60.7 Å². The van der Waals surface area contributed by atoms with Gasteiger partial charge in [-0.2, -0.15) is 0 Å². The lowest BCUT2D eigenvalue weighted by atomic mass is 10.1. The molecular weight excluding hydrogens is 336 g/mol. The Bertz CT molecular complexity index is 749. The fraction of sp³-hybridized carbons (Fsp3) is 0.211. The zero-order valence-corrected chi connectivity index (χ0v) is 14.2. The molecule has 7 nitrogen and oxygen atoms in total. The predicted molar refractivity (Wildman–Crippen MR) is 93.9 cm³/mol. The van der Waals surface area contributed by atoms with Crippen LogP contribution in [0.4, 0.5) is 4.79 Å². The summed E-state index contributed by atoms with van der Waals surface area (Å²) in [5.74, 6) is -1.80. The molecule has 2 aromatic rings.